The van der Waals surface area contributed by atoms with Crippen LogP contribution in [-0.2, 0) is 17.5 Å². The lowest BCUT2D eigenvalue weighted by Gasteiger charge is -2.13. The normalized spacial score (nSPS) is 11.6. The largest absolute Gasteiger partial charge is 0.417 e. The van der Waals surface area contributed by atoms with Crippen molar-refractivity contribution in [2.24, 2.45) is 0 Å². The maximum absolute atomic E-state index is 12.9. The fourth-order valence-corrected chi connectivity index (χ4v) is 3.17. The maximum Gasteiger partial charge on any atom is 0.417 e. The lowest BCUT2D eigenvalue weighted by molar-refractivity contribution is -0.137. The van der Waals surface area contributed by atoms with Gasteiger partial charge in [0.15, 0.2) is 5.43 Å². The third-order valence-electron chi connectivity index (χ3n) is 3.81. The van der Waals surface area contributed by atoms with Crippen LogP contribution in [0.4, 0.5) is 18.9 Å². The molecule has 0 fully saturated rings. The van der Waals surface area contributed by atoms with Crippen LogP contribution < -0.4 is 10.7 Å². The third-order valence-corrected chi connectivity index (χ3v) is 4.63. The van der Waals surface area contributed by atoms with Crippen molar-refractivity contribution in [2.75, 3.05) is 5.32 Å². The molecule has 27 heavy (non-hydrogen) atoms. The van der Waals surface area contributed by atoms with Crippen molar-refractivity contribution < 1.29 is 18.0 Å². The second-order valence-electron chi connectivity index (χ2n) is 5.71. The zero-order chi connectivity index (χ0) is 19.8. The van der Waals surface area contributed by atoms with Gasteiger partial charge in [0.2, 0.25) is 5.91 Å². The highest BCUT2D eigenvalue weighted by molar-refractivity contribution is 9.10. The number of hydrogen-bond donors (Lipinski definition) is 1. The van der Waals surface area contributed by atoms with E-state index in [-0.39, 0.29) is 17.7 Å². The molecule has 3 aromatic rings. The first kappa shape index (κ1) is 19.4. The van der Waals surface area contributed by atoms with E-state index in [0.717, 1.165) is 16.6 Å². The number of rotatable bonds is 3. The van der Waals surface area contributed by atoms with Crippen molar-refractivity contribution in [1.29, 1.82) is 0 Å². The summed E-state index contributed by atoms with van der Waals surface area (Å²) in [5, 5.41) is 2.40. The van der Waals surface area contributed by atoms with Gasteiger partial charge in [0.1, 0.15) is 6.54 Å². The molecule has 0 atom stereocenters. The van der Waals surface area contributed by atoms with E-state index in [2.05, 4.69) is 21.2 Å². The summed E-state index contributed by atoms with van der Waals surface area (Å²) in [4.78, 5) is 24.2. The Hall–Kier alpha value is -2.32. The van der Waals surface area contributed by atoms with Crippen molar-refractivity contribution in [3.63, 3.8) is 0 Å². The Morgan fingerprint density at radius 1 is 1.15 bits per heavy atom. The number of carbonyl (C=O) groups is 1. The van der Waals surface area contributed by atoms with Crippen LogP contribution in [0.3, 0.4) is 0 Å². The SMILES string of the molecule is O=C(Cn1ccc(=O)c2ccc(Br)cc21)Nc1ccc(Cl)c(C(F)(F)F)c1. The predicted molar refractivity (Wildman–Crippen MR) is 101 cm³/mol. The zero-order valence-electron chi connectivity index (χ0n) is 13.5. The smallest absolute Gasteiger partial charge is 0.338 e. The van der Waals surface area contributed by atoms with Gasteiger partial charge in [-0.05, 0) is 36.4 Å². The van der Waals surface area contributed by atoms with Crippen LogP contribution in [0, 0.1) is 0 Å². The number of amides is 1. The summed E-state index contributed by atoms with van der Waals surface area (Å²) in [6.45, 7) is -0.183. The second kappa shape index (κ2) is 7.36. The first-order valence-electron chi connectivity index (χ1n) is 7.60. The van der Waals surface area contributed by atoms with E-state index in [4.69, 9.17) is 11.6 Å². The molecular formula is C18H11BrClF3N2O2. The maximum atomic E-state index is 12.9. The van der Waals surface area contributed by atoms with Crippen LogP contribution in [0.2, 0.25) is 5.02 Å². The summed E-state index contributed by atoms with van der Waals surface area (Å²) in [6.07, 6.45) is -3.17. The number of benzene rings is 2. The minimum atomic E-state index is -4.63. The molecule has 9 heteroatoms. The molecule has 1 amide bonds. The van der Waals surface area contributed by atoms with E-state index < -0.39 is 22.7 Å². The first-order valence-corrected chi connectivity index (χ1v) is 8.77. The number of hydrogen-bond acceptors (Lipinski definition) is 2. The van der Waals surface area contributed by atoms with Gasteiger partial charge in [0.05, 0.1) is 16.1 Å². The van der Waals surface area contributed by atoms with Crippen LogP contribution in [0.25, 0.3) is 10.9 Å². The molecule has 0 saturated carbocycles. The van der Waals surface area contributed by atoms with Crippen molar-refractivity contribution in [3.8, 4) is 0 Å². The first-order chi connectivity index (χ1) is 12.6. The lowest BCUT2D eigenvalue weighted by Crippen LogP contribution is -2.20. The molecule has 1 N–H and O–H groups in total. The second-order valence-corrected chi connectivity index (χ2v) is 7.03. The fraction of sp³-hybridized carbons (Fsp3) is 0.111. The molecular weight excluding hydrogens is 449 g/mol. The molecule has 0 saturated heterocycles. The van der Waals surface area contributed by atoms with Crippen LogP contribution in [0.5, 0.6) is 0 Å². The summed E-state index contributed by atoms with van der Waals surface area (Å²) in [6, 6.07) is 9.49. The number of anilines is 1. The summed E-state index contributed by atoms with van der Waals surface area (Å²) in [5.74, 6) is -0.546. The minimum absolute atomic E-state index is 0.0248. The van der Waals surface area contributed by atoms with E-state index in [1.54, 1.807) is 18.2 Å². The monoisotopic (exact) mass is 458 g/mol. The molecule has 0 bridgehead atoms. The number of nitrogens with zero attached hydrogens (tertiary/aromatic N) is 1. The standard InChI is InChI=1S/C18H11BrClF3N2O2/c19-10-1-3-12-15(7-10)25(6-5-16(12)26)9-17(27)24-11-2-4-14(20)13(8-11)18(21,22)23/h1-8H,9H2,(H,24,27). The minimum Gasteiger partial charge on any atom is -0.338 e. The Morgan fingerprint density at radius 2 is 1.89 bits per heavy atom. The molecule has 0 unspecified atom stereocenters. The summed E-state index contributed by atoms with van der Waals surface area (Å²) < 4.78 is 41.0. The number of halogens is 5. The highest BCUT2D eigenvalue weighted by Gasteiger charge is 2.33. The van der Waals surface area contributed by atoms with Crippen LogP contribution in [0.15, 0.2) is 57.9 Å². The average molecular weight is 460 g/mol. The summed E-state index contributed by atoms with van der Waals surface area (Å²) >= 11 is 8.88. The Labute approximate surface area is 164 Å². The highest BCUT2D eigenvalue weighted by Crippen LogP contribution is 2.36. The molecule has 3 rings (SSSR count). The average Bonchev–Trinajstić information content (AvgIpc) is 2.58. The molecule has 0 aliphatic rings. The molecule has 140 valence electrons. The van der Waals surface area contributed by atoms with Crippen LogP contribution in [0.1, 0.15) is 5.56 Å². The van der Waals surface area contributed by atoms with Gasteiger partial charge in [-0.15, -0.1) is 0 Å². The van der Waals surface area contributed by atoms with Gasteiger partial charge in [0, 0.05) is 27.8 Å². The third kappa shape index (κ3) is 4.33. The molecule has 4 nitrogen and oxygen atoms in total. The van der Waals surface area contributed by atoms with E-state index in [1.807, 2.05) is 0 Å². The quantitative estimate of drug-likeness (QED) is 0.594. The van der Waals surface area contributed by atoms with Gasteiger partial charge in [-0.2, -0.15) is 13.2 Å². The number of alkyl halides is 3. The van der Waals surface area contributed by atoms with Gasteiger partial charge >= 0.3 is 6.18 Å². The van der Waals surface area contributed by atoms with E-state index in [0.29, 0.717) is 10.9 Å². The summed E-state index contributed by atoms with van der Waals surface area (Å²) in [7, 11) is 0. The van der Waals surface area contributed by atoms with Crippen LogP contribution in [-0.4, -0.2) is 10.5 Å². The van der Waals surface area contributed by atoms with Crippen molar-refractivity contribution in [3.05, 3.63) is 73.9 Å². The van der Waals surface area contributed by atoms with Crippen molar-refractivity contribution in [1.82, 2.24) is 4.57 Å². The fourth-order valence-electron chi connectivity index (χ4n) is 2.59. The number of fused-ring (bicyclic) bond motifs is 1. The van der Waals surface area contributed by atoms with Gasteiger partial charge in [-0.1, -0.05) is 27.5 Å². The van der Waals surface area contributed by atoms with E-state index in [1.165, 1.54) is 22.9 Å². The highest BCUT2D eigenvalue weighted by atomic mass is 79.9. The summed E-state index contributed by atoms with van der Waals surface area (Å²) in [5.41, 5.74) is -0.719. The zero-order valence-corrected chi connectivity index (χ0v) is 15.8. The number of pyridine rings is 1. The van der Waals surface area contributed by atoms with Gasteiger partial charge in [0.25, 0.3) is 0 Å². The lowest BCUT2D eigenvalue weighted by atomic mass is 10.2. The number of nitrogens with one attached hydrogen (secondary N) is 1. The molecule has 0 radical (unpaired) electrons. The molecule has 0 spiro atoms. The van der Waals surface area contributed by atoms with E-state index in [9.17, 15) is 22.8 Å². The van der Waals surface area contributed by atoms with Crippen LogP contribution >= 0.6 is 27.5 Å². The Kier molecular flexibility index (Phi) is 5.30. The molecule has 2 aromatic carbocycles. The number of aromatic nitrogens is 1. The Morgan fingerprint density at radius 3 is 2.59 bits per heavy atom. The Balaban J connectivity index is 1.87. The van der Waals surface area contributed by atoms with Crippen molar-refractivity contribution in [2.45, 2.75) is 12.7 Å². The van der Waals surface area contributed by atoms with E-state index >= 15 is 0 Å². The molecule has 0 aliphatic heterocycles. The van der Waals surface area contributed by atoms with Gasteiger partial charge in [-0.25, -0.2) is 0 Å². The molecule has 1 heterocycles. The predicted octanol–water partition coefficient (Wildman–Crippen LogP) is 5.07. The molecule has 0 aliphatic carbocycles. The molecule has 1 aromatic heterocycles. The topological polar surface area (TPSA) is 51.1 Å². The van der Waals surface area contributed by atoms with Crippen molar-refractivity contribution >= 4 is 50.0 Å². The van der Waals surface area contributed by atoms with Gasteiger partial charge < -0.3 is 9.88 Å². The number of carbonyl (C=O) groups excluding carboxylic acids is 1. The van der Waals surface area contributed by atoms with Gasteiger partial charge in [-0.3, -0.25) is 9.59 Å². The Bertz CT molecular complexity index is 1100.